The Balaban J connectivity index is 0.000000423. The van der Waals surface area contributed by atoms with Crippen LogP contribution >= 0.6 is 11.6 Å². The molecule has 0 fully saturated rings. The van der Waals surface area contributed by atoms with Crippen molar-refractivity contribution in [3.63, 3.8) is 0 Å². The first-order valence-electron chi connectivity index (χ1n) is 3.64. The van der Waals surface area contributed by atoms with Gasteiger partial charge in [-0.25, -0.2) is 0 Å². The summed E-state index contributed by atoms with van der Waals surface area (Å²) in [5.74, 6) is 5.88. The number of anilines is 1. The fraction of sp³-hybridized carbons (Fsp3) is 0.143. The summed E-state index contributed by atoms with van der Waals surface area (Å²) in [6.07, 6.45) is 0. The summed E-state index contributed by atoms with van der Waals surface area (Å²) < 4.78 is 4.94. The Labute approximate surface area is 90.5 Å². The van der Waals surface area contributed by atoms with Crippen LogP contribution in [0.4, 0.5) is 5.69 Å². The molecule has 8 heteroatoms. The molecule has 1 aromatic carbocycles. The average Bonchev–Trinajstić information content (AvgIpc) is 2.16. The molecule has 0 saturated heterocycles. The fourth-order valence-electron chi connectivity index (χ4n) is 0.740. The van der Waals surface area contributed by atoms with Crippen molar-refractivity contribution in [3.05, 3.63) is 33.3 Å². The van der Waals surface area contributed by atoms with E-state index in [1.165, 1.54) is 0 Å². The maximum Gasteiger partial charge on any atom is 0.291 e. The normalized spacial score (nSPS) is 8.47. The standard InChI is InChI=1S/C7H9ClN2O.HNO3/c1-11-5-2-3-7(10-9)6(8)4-5;2-1(3)4/h2-4,10H,9H2,1H3;(H,2,3,4). The van der Waals surface area contributed by atoms with Crippen LogP contribution in [-0.4, -0.2) is 17.4 Å². The van der Waals surface area contributed by atoms with Crippen LogP contribution in [0.5, 0.6) is 5.75 Å². The molecule has 0 amide bonds. The summed E-state index contributed by atoms with van der Waals surface area (Å²) >= 11 is 5.79. The van der Waals surface area contributed by atoms with E-state index in [1.54, 1.807) is 25.3 Å². The van der Waals surface area contributed by atoms with E-state index < -0.39 is 5.09 Å². The van der Waals surface area contributed by atoms with E-state index in [9.17, 15) is 0 Å². The first-order chi connectivity index (χ1) is 7.01. The zero-order valence-electron chi connectivity index (χ0n) is 7.81. The van der Waals surface area contributed by atoms with E-state index in [1.807, 2.05) is 0 Å². The number of nitrogens with zero attached hydrogens (tertiary/aromatic N) is 1. The van der Waals surface area contributed by atoms with Crippen molar-refractivity contribution in [1.29, 1.82) is 0 Å². The Morgan fingerprint density at radius 1 is 1.67 bits per heavy atom. The Kier molecular flexibility index (Phi) is 5.91. The lowest BCUT2D eigenvalue weighted by Crippen LogP contribution is -2.06. The molecule has 0 saturated carbocycles. The van der Waals surface area contributed by atoms with Crippen LogP contribution in [0.1, 0.15) is 0 Å². The summed E-state index contributed by atoms with van der Waals surface area (Å²) in [6, 6.07) is 5.22. The van der Waals surface area contributed by atoms with Crippen molar-refractivity contribution in [2.45, 2.75) is 0 Å². The predicted octanol–water partition coefficient (Wildman–Crippen LogP) is 1.29. The molecule has 0 aliphatic carbocycles. The summed E-state index contributed by atoms with van der Waals surface area (Å²) in [7, 11) is 1.58. The maximum atomic E-state index is 8.36. The molecule has 0 aliphatic heterocycles. The van der Waals surface area contributed by atoms with Crippen LogP contribution in [-0.2, 0) is 0 Å². The van der Waals surface area contributed by atoms with Gasteiger partial charge >= 0.3 is 0 Å². The van der Waals surface area contributed by atoms with E-state index in [4.69, 9.17) is 37.5 Å². The number of methoxy groups -OCH3 is 1. The molecule has 0 aromatic heterocycles. The van der Waals surface area contributed by atoms with Crippen molar-refractivity contribution in [3.8, 4) is 5.75 Å². The van der Waals surface area contributed by atoms with Gasteiger partial charge in [0.25, 0.3) is 5.09 Å². The van der Waals surface area contributed by atoms with Gasteiger partial charge in [-0.3, -0.25) is 5.84 Å². The summed E-state index contributed by atoms with van der Waals surface area (Å²) in [6.45, 7) is 0. The van der Waals surface area contributed by atoms with E-state index in [2.05, 4.69) is 5.43 Å². The molecule has 4 N–H and O–H groups in total. The van der Waals surface area contributed by atoms with Gasteiger partial charge in [-0.2, -0.15) is 0 Å². The molecular formula is C7H10ClN3O4. The van der Waals surface area contributed by atoms with Gasteiger partial charge in [0.2, 0.25) is 0 Å². The molecule has 0 aliphatic rings. The molecule has 0 bridgehead atoms. The largest absolute Gasteiger partial charge is 0.497 e. The zero-order chi connectivity index (χ0) is 11.8. The quantitative estimate of drug-likeness (QED) is 0.405. The topological polar surface area (TPSA) is 111 Å². The van der Waals surface area contributed by atoms with Gasteiger partial charge < -0.3 is 15.4 Å². The number of ether oxygens (including phenoxy) is 1. The number of benzene rings is 1. The highest BCUT2D eigenvalue weighted by molar-refractivity contribution is 6.33. The number of nitrogen functional groups attached to an aromatic ring is 1. The second-order valence-electron chi connectivity index (χ2n) is 2.23. The van der Waals surface area contributed by atoms with E-state index >= 15 is 0 Å². The Morgan fingerprint density at radius 2 is 2.20 bits per heavy atom. The highest BCUT2D eigenvalue weighted by Crippen LogP contribution is 2.25. The molecule has 1 rings (SSSR count). The molecule has 0 radical (unpaired) electrons. The van der Waals surface area contributed by atoms with Gasteiger partial charge in [0.1, 0.15) is 5.75 Å². The van der Waals surface area contributed by atoms with Crippen LogP contribution in [0.25, 0.3) is 0 Å². The van der Waals surface area contributed by atoms with Crippen LogP contribution < -0.4 is 16.0 Å². The monoisotopic (exact) mass is 235 g/mol. The maximum absolute atomic E-state index is 8.36. The smallest absolute Gasteiger partial charge is 0.291 e. The van der Waals surface area contributed by atoms with Crippen molar-refractivity contribution < 1.29 is 15.0 Å². The predicted molar refractivity (Wildman–Crippen MR) is 54.6 cm³/mol. The molecular weight excluding hydrogens is 226 g/mol. The lowest BCUT2D eigenvalue weighted by molar-refractivity contribution is -0.742. The second kappa shape index (κ2) is 6.68. The first-order valence-corrected chi connectivity index (χ1v) is 4.02. The van der Waals surface area contributed by atoms with Gasteiger partial charge in [-0.05, 0) is 12.1 Å². The highest BCUT2D eigenvalue weighted by atomic mass is 35.5. The fourth-order valence-corrected chi connectivity index (χ4v) is 0.965. The van der Waals surface area contributed by atoms with Crippen LogP contribution in [0.15, 0.2) is 18.2 Å². The molecule has 7 nitrogen and oxygen atoms in total. The van der Waals surface area contributed by atoms with Gasteiger partial charge in [-0.1, -0.05) is 11.6 Å². The third-order valence-electron chi connectivity index (χ3n) is 1.33. The molecule has 0 spiro atoms. The van der Waals surface area contributed by atoms with Crippen molar-refractivity contribution >= 4 is 17.3 Å². The summed E-state index contributed by atoms with van der Waals surface area (Å²) in [4.78, 5) is 8.36. The van der Waals surface area contributed by atoms with Gasteiger partial charge in [0, 0.05) is 6.07 Å². The number of hydrazine groups is 1. The number of hydrogen-bond acceptors (Lipinski definition) is 5. The lowest BCUT2D eigenvalue weighted by atomic mass is 10.3. The average molecular weight is 236 g/mol. The Morgan fingerprint density at radius 3 is 2.53 bits per heavy atom. The Bertz CT molecular complexity index is 330. The van der Waals surface area contributed by atoms with Gasteiger partial charge in [0.05, 0.1) is 17.8 Å². The Hall–Kier alpha value is -1.73. The number of rotatable bonds is 2. The van der Waals surface area contributed by atoms with Crippen LogP contribution in [0.2, 0.25) is 5.02 Å². The number of nitrogens with one attached hydrogen (secondary N) is 1. The second-order valence-corrected chi connectivity index (χ2v) is 2.64. The van der Waals surface area contributed by atoms with Crippen LogP contribution in [0.3, 0.4) is 0 Å². The minimum absolute atomic E-state index is 0.548. The van der Waals surface area contributed by atoms with Crippen molar-refractivity contribution in [2.24, 2.45) is 5.84 Å². The SMILES string of the molecule is COc1ccc(NN)c(Cl)c1.O=[N+]([O-])O. The lowest BCUT2D eigenvalue weighted by Gasteiger charge is -2.04. The highest BCUT2D eigenvalue weighted by Gasteiger charge is 1.98. The van der Waals surface area contributed by atoms with E-state index in [-0.39, 0.29) is 0 Å². The minimum Gasteiger partial charge on any atom is -0.497 e. The zero-order valence-corrected chi connectivity index (χ0v) is 8.56. The molecule has 0 unspecified atom stereocenters. The molecule has 1 aromatic rings. The van der Waals surface area contributed by atoms with Crippen molar-refractivity contribution in [1.82, 2.24) is 0 Å². The first kappa shape index (κ1) is 13.3. The molecule has 84 valence electrons. The molecule has 0 heterocycles. The summed E-state index contributed by atoms with van der Waals surface area (Å²) in [5.41, 5.74) is 3.15. The van der Waals surface area contributed by atoms with Crippen molar-refractivity contribution in [2.75, 3.05) is 12.5 Å². The number of hydrogen-bond donors (Lipinski definition) is 3. The third kappa shape index (κ3) is 5.55. The minimum atomic E-state index is -1.50. The van der Waals surface area contributed by atoms with Gasteiger partial charge in [0.15, 0.2) is 0 Å². The van der Waals surface area contributed by atoms with E-state index in [0.29, 0.717) is 16.5 Å². The number of nitrogens with two attached hydrogens (primary N) is 1. The molecule has 0 atom stereocenters. The molecule has 15 heavy (non-hydrogen) atoms. The number of halogens is 1. The third-order valence-corrected chi connectivity index (χ3v) is 1.64. The van der Waals surface area contributed by atoms with Gasteiger partial charge in [-0.15, -0.1) is 10.1 Å². The van der Waals surface area contributed by atoms with E-state index in [0.717, 1.165) is 0 Å². The summed E-state index contributed by atoms with van der Waals surface area (Å²) in [5, 5.41) is 14.2. The van der Waals surface area contributed by atoms with Crippen LogP contribution in [0, 0.1) is 10.1 Å².